The molecule has 1 N–H and O–H groups in total. The predicted octanol–water partition coefficient (Wildman–Crippen LogP) is 0.449. The summed E-state index contributed by atoms with van der Waals surface area (Å²) in [5.74, 6) is 0. The van der Waals surface area contributed by atoms with Crippen LogP contribution in [0.15, 0.2) is 21.8 Å². The Morgan fingerprint density at radius 2 is 2.28 bits per heavy atom. The molecule has 1 rings (SSSR count). The van der Waals surface area contributed by atoms with Crippen LogP contribution in [0, 0.1) is 0 Å². The van der Waals surface area contributed by atoms with Crippen LogP contribution in [0.2, 0.25) is 0 Å². The number of nitrogens with one attached hydrogen (secondary N) is 1. The lowest BCUT2D eigenvalue weighted by atomic mass is 10.4. The van der Waals surface area contributed by atoms with Crippen molar-refractivity contribution in [2.75, 3.05) is 19.8 Å². The number of rotatable bonds is 7. The van der Waals surface area contributed by atoms with Gasteiger partial charge in [0.1, 0.15) is 0 Å². The van der Waals surface area contributed by atoms with Crippen LogP contribution in [0.3, 0.4) is 0 Å². The molecule has 0 aliphatic rings. The van der Waals surface area contributed by atoms with E-state index in [1.54, 1.807) is 0 Å². The lowest BCUT2D eigenvalue weighted by Gasteiger charge is -2.07. The average molecular weight is 339 g/mol. The van der Waals surface area contributed by atoms with Crippen LogP contribution >= 0.6 is 15.9 Å². The molecule has 0 aliphatic carbocycles. The van der Waals surface area contributed by atoms with Crippen LogP contribution in [0.4, 0.5) is 0 Å². The van der Waals surface area contributed by atoms with Crippen LogP contribution in [-0.2, 0) is 21.8 Å². The van der Waals surface area contributed by atoms with Gasteiger partial charge >= 0.3 is 0 Å². The smallest absolute Gasteiger partial charge is 0.260 e. The van der Waals surface area contributed by atoms with E-state index < -0.39 is 10.0 Å². The minimum absolute atomic E-state index is 0.0117. The highest BCUT2D eigenvalue weighted by atomic mass is 79.9. The Morgan fingerprint density at radius 3 is 2.78 bits per heavy atom. The largest absolute Gasteiger partial charge is 0.376 e. The summed E-state index contributed by atoms with van der Waals surface area (Å²) >= 11 is 3.04. The second-order valence-electron chi connectivity index (χ2n) is 3.72. The van der Waals surface area contributed by atoms with E-state index >= 15 is 0 Å². The number of sulfonamides is 1. The summed E-state index contributed by atoms with van der Waals surface area (Å²) in [5.41, 5.74) is 0.886. The molecule has 0 atom stereocenters. The zero-order valence-electron chi connectivity index (χ0n) is 10.2. The Labute approximate surface area is 114 Å². The molecule has 18 heavy (non-hydrogen) atoms. The van der Waals surface area contributed by atoms with Gasteiger partial charge in [-0.2, -0.15) is 0 Å². The maximum absolute atomic E-state index is 11.9. The quantitative estimate of drug-likeness (QED) is 0.576. The van der Waals surface area contributed by atoms with Crippen molar-refractivity contribution in [3.63, 3.8) is 0 Å². The second-order valence-corrected chi connectivity index (χ2v) is 6.15. The molecule has 0 fully saturated rings. The predicted molar refractivity (Wildman–Crippen MR) is 69.5 cm³/mol. The van der Waals surface area contributed by atoms with Gasteiger partial charge in [0, 0.05) is 13.6 Å². The van der Waals surface area contributed by atoms with E-state index in [4.69, 9.17) is 4.74 Å². The molecule has 9 heteroatoms. The lowest BCUT2D eigenvalue weighted by Crippen LogP contribution is -2.29. The highest BCUT2D eigenvalue weighted by Gasteiger charge is 2.23. The molecule has 0 aromatic carbocycles. The highest BCUT2D eigenvalue weighted by molar-refractivity contribution is 9.10. The van der Waals surface area contributed by atoms with Crippen LogP contribution in [-0.4, -0.2) is 43.2 Å². The summed E-state index contributed by atoms with van der Waals surface area (Å²) in [6.07, 6.45) is 0. The van der Waals surface area contributed by atoms with Gasteiger partial charge in [-0.25, -0.2) is 17.8 Å². The van der Waals surface area contributed by atoms with Crippen molar-refractivity contribution < 1.29 is 13.2 Å². The first-order chi connectivity index (χ1) is 8.34. The summed E-state index contributed by atoms with van der Waals surface area (Å²) in [6, 6.07) is 0. The minimum atomic E-state index is -3.64. The van der Waals surface area contributed by atoms with Crippen molar-refractivity contribution in [1.29, 1.82) is 0 Å². The molecular formula is C9H15BrN4O3S. The van der Waals surface area contributed by atoms with Crippen molar-refractivity contribution in [2.24, 2.45) is 7.05 Å². The van der Waals surface area contributed by atoms with Crippen molar-refractivity contribution in [3.8, 4) is 0 Å². The van der Waals surface area contributed by atoms with Gasteiger partial charge in [-0.15, -0.1) is 5.10 Å². The average Bonchev–Trinajstić information content (AvgIpc) is 2.57. The fraction of sp³-hybridized carbons (Fsp3) is 0.556. The van der Waals surface area contributed by atoms with Crippen LogP contribution in [0.25, 0.3) is 0 Å². The van der Waals surface area contributed by atoms with Gasteiger partial charge in [-0.1, -0.05) is 17.4 Å². The highest BCUT2D eigenvalue weighted by Crippen LogP contribution is 2.17. The summed E-state index contributed by atoms with van der Waals surface area (Å²) < 4.78 is 32.8. The zero-order chi connectivity index (χ0) is 13.8. The molecule has 0 amide bonds. The monoisotopic (exact) mass is 338 g/mol. The number of aryl methyl sites for hydroxylation is 1. The van der Waals surface area contributed by atoms with Crippen molar-refractivity contribution in [1.82, 2.24) is 19.7 Å². The molecule has 1 aromatic rings. The fourth-order valence-electron chi connectivity index (χ4n) is 1.17. The molecule has 0 radical (unpaired) electrons. The number of halogens is 1. The van der Waals surface area contributed by atoms with Crippen LogP contribution < -0.4 is 4.72 Å². The van der Waals surface area contributed by atoms with Gasteiger partial charge in [-0.3, -0.25) is 0 Å². The molecule has 0 spiro atoms. The zero-order valence-corrected chi connectivity index (χ0v) is 12.6. The molecule has 102 valence electrons. The number of hydrogen-bond acceptors (Lipinski definition) is 5. The van der Waals surface area contributed by atoms with E-state index in [2.05, 4.69) is 37.5 Å². The number of hydrogen-bond donors (Lipinski definition) is 1. The standard InChI is InChI=1S/C9H15BrN4O3S/c1-7(2)6-17-5-4-11-18(15,16)9-8(10)12-13-14(9)3/h11H,1,4-6H2,2-3H3. The molecule has 1 aromatic heterocycles. The second kappa shape index (κ2) is 6.41. The summed E-state index contributed by atoms with van der Waals surface area (Å²) in [5, 5.41) is 7.21. The molecule has 0 bridgehead atoms. The van der Waals surface area contributed by atoms with Crippen LogP contribution in [0.5, 0.6) is 0 Å². The maximum atomic E-state index is 11.9. The molecule has 7 nitrogen and oxygen atoms in total. The fourth-order valence-corrected chi connectivity index (χ4v) is 3.27. The van der Waals surface area contributed by atoms with E-state index in [0.717, 1.165) is 5.57 Å². The Balaban J connectivity index is 2.54. The Hall–Kier alpha value is -0.770. The third-order valence-electron chi connectivity index (χ3n) is 1.88. The van der Waals surface area contributed by atoms with E-state index in [0.29, 0.717) is 6.61 Å². The Bertz CT molecular complexity index is 506. The van der Waals surface area contributed by atoms with Crippen molar-refractivity contribution >= 4 is 26.0 Å². The van der Waals surface area contributed by atoms with Gasteiger partial charge in [0.25, 0.3) is 10.0 Å². The SMILES string of the molecule is C=C(C)COCCNS(=O)(=O)c1c(Br)nnn1C. The topological polar surface area (TPSA) is 86.1 Å². The van der Waals surface area contributed by atoms with E-state index in [1.807, 2.05) is 6.92 Å². The maximum Gasteiger partial charge on any atom is 0.260 e. The molecule has 0 saturated carbocycles. The van der Waals surface area contributed by atoms with Gasteiger partial charge in [-0.05, 0) is 22.9 Å². The third kappa shape index (κ3) is 4.16. The molecule has 0 unspecified atom stereocenters. The Morgan fingerprint density at radius 1 is 1.61 bits per heavy atom. The van der Waals surface area contributed by atoms with Gasteiger partial charge in [0.15, 0.2) is 4.60 Å². The van der Waals surface area contributed by atoms with Gasteiger partial charge in [0.05, 0.1) is 13.2 Å². The van der Waals surface area contributed by atoms with E-state index in [1.165, 1.54) is 11.7 Å². The molecule has 0 saturated heterocycles. The Kier molecular flexibility index (Phi) is 5.45. The third-order valence-corrected chi connectivity index (χ3v) is 4.23. The van der Waals surface area contributed by atoms with Gasteiger partial charge < -0.3 is 4.74 Å². The summed E-state index contributed by atoms with van der Waals surface area (Å²) in [6.45, 7) is 6.37. The number of nitrogens with zero attached hydrogens (tertiary/aromatic N) is 3. The first kappa shape index (κ1) is 15.3. The first-order valence-corrected chi connectivity index (χ1v) is 7.39. The number of ether oxygens (including phenoxy) is 1. The molecule has 0 aliphatic heterocycles. The van der Waals surface area contributed by atoms with E-state index in [-0.39, 0.29) is 22.8 Å². The molecular weight excluding hydrogens is 324 g/mol. The minimum Gasteiger partial charge on any atom is -0.376 e. The first-order valence-electron chi connectivity index (χ1n) is 5.11. The van der Waals surface area contributed by atoms with Crippen molar-refractivity contribution in [3.05, 3.63) is 16.8 Å². The summed E-state index contributed by atoms with van der Waals surface area (Å²) in [7, 11) is -2.14. The van der Waals surface area contributed by atoms with Gasteiger partial charge in [0.2, 0.25) is 5.03 Å². The lowest BCUT2D eigenvalue weighted by molar-refractivity contribution is 0.162. The van der Waals surface area contributed by atoms with Crippen LogP contribution in [0.1, 0.15) is 6.92 Å². The van der Waals surface area contributed by atoms with Crippen molar-refractivity contribution in [2.45, 2.75) is 11.9 Å². The van der Waals surface area contributed by atoms with E-state index in [9.17, 15) is 8.42 Å². The normalized spacial score (nSPS) is 11.7. The number of aromatic nitrogens is 3. The molecule has 1 heterocycles. The summed E-state index contributed by atoms with van der Waals surface area (Å²) in [4.78, 5) is 0.